The van der Waals surface area contributed by atoms with Gasteiger partial charge in [0.1, 0.15) is 11.7 Å². The number of amides is 2. The zero-order valence-electron chi connectivity index (χ0n) is 25.6. The molecule has 1 heterocycles. The van der Waals surface area contributed by atoms with E-state index in [1.165, 1.54) is 4.90 Å². The molecule has 3 aromatic carbocycles. The van der Waals surface area contributed by atoms with Crippen molar-refractivity contribution in [3.63, 3.8) is 0 Å². The third-order valence-corrected chi connectivity index (χ3v) is 8.92. The molecule has 1 unspecified atom stereocenters. The van der Waals surface area contributed by atoms with Gasteiger partial charge in [-0.25, -0.2) is 4.79 Å². The predicted octanol–water partition coefficient (Wildman–Crippen LogP) is 7.20. The second kappa shape index (κ2) is 13.2. The van der Waals surface area contributed by atoms with Gasteiger partial charge >= 0.3 is 6.09 Å². The number of halogens is 2. The molecule has 1 atom stereocenters. The van der Waals surface area contributed by atoms with Crippen LogP contribution in [-0.2, 0) is 30.4 Å². The lowest BCUT2D eigenvalue weighted by Crippen LogP contribution is -2.49. The zero-order chi connectivity index (χ0) is 32.5. The summed E-state index contributed by atoms with van der Waals surface area (Å²) >= 11 is 12.8. The molecule has 1 saturated carbocycles. The molecule has 8 nitrogen and oxygen atoms in total. The summed E-state index contributed by atoms with van der Waals surface area (Å²) < 4.78 is 36.5. The van der Waals surface area contributed by atoms with Crippen molar-refractivity contribution in [3.8, 4) is 11.1 Å². The summed E-state index contributed by atoms with van der Waals surface area (Å²) in [6.07, 6.45) is 0.714. The molecule has 1 aliphatic heterocycles. The zero-order valence-corrected chi connectivity index (χ0v) is 28.0. The smallest absolute Gasteiger partial charge is 0.410 e. The van der Waals surface area contributed by atoms with Gasteiger partial charge in [0, 0.05) is 23.7 Å². The van der Waals surface area contributed by atoms with Crippen molar-refractivity contribution in [1.29, 1.82) is 0 Å². The van der Waals surface area contributed by atoms with E-state index in [0.717, 1.165) is 30.2 Å². The molecule has 11 heteroatoms. The normalized spacial score (nSPS) is 17.3. The van der Waals surface area contributed by atoms with Gasteiger partial charge in [-0.15, -0.1) is 0 Å². The number of ether oxygens (including phenoxy) is 1. The topological polar surface area (TPSA) is 93.2 Å². The lowest BCUT2D eigenvalue weighted by atomic mass is 9.88. The van der Waals surface area contributed by atoms with Crippen LogP contribution in [0.1, 0.15) is 44.7 Å². The number of hydrogen-bond acceptors (Lipinski definition) is 6. The molecule has 1 aliphatic carbocycles. The molecule has 2 aliphatic rings. The maximum atomic E-state index is 14.7. The van der Waals surface area contributed by atoms with Crippen LogP contribution in [0.25, 0.3) is 16.7 Å². The first-order valence-electron chi connectivity index (χ1n) is 14.7. The van der Waals surface area contributed by atoms with Crippen molar-refractivity contribution in [1.82, 2.24) is 9.80 Å². The van der Waals surface area contributed by atoms with Gasteiger partial charge < -0.3 is 14.5 Å². The number of nitrogens with zero attached hydrogens (tertiary/aromatic N) is 2. The maximum absolute atomic E-state index is 14.7. The third kappa shape index (κ3) is 8.27. The van der Waals surface area contributed by atoms with E-state index < -0.39 is 27.9 Å². The SMILES string of the molecule is CC(C)(C)OC(=O)N1CC(C(=O)N(Cc2cccc(Cl)c2Cl)C2CC2)=C(c2cccc(-c3ccccc3)c2)C(OS(C)(=O)=O)C1. The summed E-state index contributed by atoms with van der Waals surface area (Å²) in [5, 5.41) is 0.741. The second-order valence-electron chi connectivity index (χ2n) is 12.4. The first kappa shape index (κ1) is 33.0. The molecule has 0 N–H and O–H groups in total. The Labute approximate surface area is 274 Å². The summed E-state index contributed by atoms with van der Waals surface area (Å²) in [7, 11) is -4.01. The van der Waals surface area contributed by atoms with Crippen molar-refractivity contribution in [3.05, 3.63) is 99.5 Å². The van der Waals surface area contributed by atoms with E-state index in [1.54, 1.807) is 37.8 Å². The fourth-order valence-electron chi connectivity index (χ4n) is 5.40. The monoisotopic (exact) mass is 670 g/mol. The van der Waals surface area contributed by atoms with Crippen LogP contribution in [0.5, 0.6) is 0 Å². The highest BCUT2D eigenvalue weighted by Gasteiger charge is 2.42. The number of carbonyl (C=O) groups is 2. The lowest BCUT2D eigenvalue weighted by Gasteiger charge is -2.38. The molecule has 5 rings (SSSR count). The quantitative estimate of drug-likeness (QED) is 0.235. The van der Waals surface area contributed by atoms with Crippen molar-refractivity contribution < 1.29 is 26.9 Å². The van der Waals surface area contributed by atoms with E-state index in [1.807, 2.05) is 60.7 Å². The largest absolute Gasteiger partial charge is 0.444 e. The second-order valence-corrected chi connectivity index (χ2v) is 14.8. The highest BCUT2D eigenvalue weighted by Crippen LogP contribution is 2.38. The van der Waals surface area contributed by atoms with E-state index >= 15 is 0 Å². The molecule has 0 spiro atoms. The average Bonchev–Trinajstić information content (AvgIpc) is 3.81. The Morgan fingerprint density at radius 1 is 0.933 bits per heavy atom. The van der Waals surface area contributed by atoms with E-state index in [-0.39, 0.29) is 37.2 Å². The summed E-state index contributed by atoms with van der Waals surface area (Å²) in [5.41, 5.74) is 2.97. The number of benzene rings is 3. The Morgan fingerprint density at radius 3 is 2.22 bits per heavy atom. The Balaban J connectivity index is 1.66. The molecule has 0 saturated heterocycles. The van der Waals surface area contributed by atoms with E-state index in [2.05, 4.69) is 0 Å². The molecular formula is C34H36Cl2N2O6S. The maximum Gasteiger partial charge on any atom is 0.410 e. The Hall–Kier alpha value is -3.37. The fourth-order valence-corrected chi connectivity index (χ4v) is 6.36. The Morgan fingerprint density at radius 2 is 1.58 bits per heavy atom. The summed E-state index contributed by atoms with van der Waals surface area (Å²) in [6, 6.07) is 22.5. The standard InChI is InChI=1S/C34H36Cl2N2O6S/c1-34(2,3)43-33(40)37-20-27(32(39)38(26-16-17-26)19-25-14-9-15-28(35)31(25)36)30(29(21-37)44-45(4,41)42)24-13-8-12-23(18-24)22-10-6-5-7-11-22/h5-15,18,26,29H,16-17,19-21H2,1-4H3. The number of rotatable bonds is 8. The molecule has 0 aromatic heterocycles. The van der Waals surface area contributed by atoms with Crippen LogP contribution in [0.2, 0.25) is 10.0 Å². The lowest BCUT2D eigenvalue weighted by molar-refractivity contribution is -0.128. The van der Waals surface area contributed by atoms with Gasteiger partial charge in [-0.3, -0.25) is 8.98 Å². The Bertz CT molecular complexity index is 1730. The minimum absolute atomic E-state index is 0.0527. The van der Waals surface area contributed by atoms with Crippen LogP contribution in [0, 0.1) is 0 Å². The minimum atomic E-state index is -4.01. The van der Waals surface area contributed by atoms with Gasteiger partial charge in [-0.1, -0.05) is 83.9 Å². The molecule has 45 heavy (non-hydrogen) atoms. The summed E-state index contributed by atoms with van der Waals surface area (Å²) in [4.78, 5) is 31.1. The van der Waals surface area contributed by atoms with Crippen LogP contribution in [-0.4, -0.2) is 67.3 Å². The fraction of sp³-hybridized carbons (Fsp3) is 0.353. The van der Waals surface area contributed by atoms with Gasteiger partial charge in [0.25, 0.3) is 16.0 Å². The summed E-state index contributed by atoms with van der Waals surface area (Å²) in [6.45, 7) is 5.18. The van der Waals surface area contributed by atoms with Gasteiger partial charge in [-0.05, 0) is 68.0 Å². The van der Waals surface area contributed by atoms with Crippen LogP contribution in [0.15, 0.2) is 78.4 Å². The van der Waals surface area contributed by atoms with Crippen molar-refractivity contribution >= 4 is 50.9 Å². The average molecular weight is 672 g/mol. The third-order valence-electron chi connectivity index (χ3n) is 7.48. The molecule has 2 amide bonds. The first-order valence-corrected chi connectivity index (χ1v) is 17.3. The molecule has 238 valence electrons. The van der Waals surface area contributed by atoms with Gasteiger partial charge in [0.05, 0.1) is 29.4 Å². The molecular weight excluding hydrogens is 635 g/mol. The van der Waals surface area contributed by atoms with Crippen molar-refractivity contribution in [2.24, 2.45) is 0 Å². The van der Waals surface area contributed by atoms with Crippen molar-refractivity contribution in [2.45, 2.75) is 57.9 Å². The number of carbonyl (C=O) groups excluding carboxylic acids is 2. The number of hydrogen-bond donors (Lipinski definition) is 0. The first-order chi connectivity index (χ1) is 21.2. The van der Waals surface area contributed by atoms with Gasteiger partial charge in [-0.2, -0.15) is 8.42 Å². The highest BCUT2D eigenvalue weighted by molar-refractivity contribution is 7.86. The van der Waals surface area contributed by atoms with E-state index in [4.69, 9.17) is 32.1 Å². The molecule has 1 fully saturated rings. The van der Waals surface area contributed by atoms with Crippen LogP contribution >= 0.6 is 23.2 Å². The van der Waals surface area contributed by atoms with E-state index in [9.17, 15) is 18.0 Å². The van der Waals surface area contributed by atoms with Gasteiger partial charge in [0.2, 0.25) is 0 Å². The van der Waals surface area contributed by atoms with E-state index in [0.29, 0.717) is 26.7 Å². The van der Waals surface area contributed by atoms with Crippen molar-refractivity contribution in [2.75, 3.05) is 19.3 Å². The molecule has 0 bridgehead atoms. The van der Waals surface area contributed by atoms with Crippen LogP contribution in [0.4, 0.5) is 4.79 Å². The highest BCUT2D eigenvalue weighted by atomic mass is 35.5. The molecule has 0 radical (unpaired) electrons. The predicted molar refractivity (Wildman–Crippen MR) is 176 cm³/mol. The van der Waals surface area contributed by atoms with Crippen LogP contribution < -0.4 is 0 Å². The minimum Gasteiger partial charge on any atom is -0.444 e. The van der Waals surface area contributed by atoms with Crippen LogP contribution in [0.3, 0.4) is 0 Å². The van der Waals surface area contributed by atoms with Gasteiger partial charge in [0.15, 0.2) is 0 Å². The molecule has 3 aromatic rings. The Kier molecular flexibility index (Phi) is 9.65. The summed E-state index contributed by atoms with van der Waals surface area (Å²) in [5.74, 6) is -0.344.